The van der Waals surface area contributed by atoms with Crippen molar-refractivity contribution in [1.82, 2.24) is 0 Å². The van der Waals surface area contributed by atoms with E-state index in [0.29, 0.717) is 11.3 Å². The van der Waals surface area contributed by atoms with E-state index in [1.165, 1.54) is 38.1 Å². The van der Waals surface area contributed by atoms with Crippen molar-refractivity contribution < 1.29 is 28.3 Å². The van der Waals surface area contributed by atoms with Gasteiger partial charge in [-0.05, 0) is 36.2 Å². The average molecular weight is 400 g/mol. The number of hydrogen-bond donors (Lipinski definition) is 2. The Balaban J connectivity index is 1.99. The van der Waals surface area contributed by atoms with Gasteiger partial charge >= 0.3 is 5.97 Å². The Morgan fingerprint density at radius 1 is 0.966 bits per heavy atom. The molecule has 2 rings (SSSR count). The Morgan fingerprint density at radius 2 is 1.66 bits per heavy atom. The third-order valence-electron chi connectivity index (χ3n) is 3.87. The van der Waals surface area contributed by atoms with Gasteiger partial charge in [-0.25, -0.2) is 4.39 Å². The number of rotatable bonds is 8. The Morgan fingerprint density at radius 3 is 2.31 bits per heavy atom. The van der Waals surface area contributed by atoms with E-state index in [2.05, 4.69) is 10.6 Å². The highest BCUT2D eigenvalue weighted by atomic mass is 19.1. The molecule has 2 N–H and O–H groups in total. The number of Topliss-reactive ketones (excluding diaryl/α,β-unsaturated/α-hetero) is 1. The maximum atomic E-state index is 13.6. The van der Waals surface area contributed by atoms with E-state index >= 15 is 0 Å². The monoisotopic (exact) mass is 400 g/mol. The zero-order valence-electron chi connectivity index (χ0n) is 16.1. The first kappa shape index (κ1) is 21.7. The molecule has 2 aromatic rings. The Kier molecular flexibility index (Phi) is 7.59. The number of ether oxygens (including phenoxy) is 1. The maximum absolute atomic E-state index is 13.6. The van der Waals surface area contributed by atoms with Crippen molar-refractivity contribution in [3.8, 4) is 0 Å². The molecule has 7 nitrogen and oxygen atoms in total. The number of carbonyl (C=O) groups is 4. The van der Waals surface area contributed by atoms with Gasteiger partial charge < -0.3 is 15.4 Å². The second-order valence-corrected chi connectivity index (χ2v) is 6.30. The number of ketones is 1. The number of aryl methyl sites for hydroxylation is 1. The number of amides is 2. The van der Waals surface area contributed by atoms with Crippen LogP contribution in [0.3, 0.4) is 0 Å². The molecular weight excluding hydrogens is 379 g/mol. The van der Waals surface area contributed by atoms with Crippen molar-refractivity contribution in [2.75, 3.05) is 17.2 Å². The normalized spacial score (nSPS) is 10.2. The lowest BCUT2D eigenvalue weighted by Crippen LogP contribution is -2.18. The van der Waals surface area contributed by atoms with Crippen LogP contribution in [0.5, 0.6) is 0 Å². The number of esters is 1. The minimum absolute atomic E-state index is 0.0752. The fraction of sp³-hybridized carbons (Fsp3) is 0.238. The Labute approximate surface area is 167 Å². The predicted octanol–water partition coefficient (Wildman–Crippen LogP) is 3.10. The summed E-state index contributed by atoms with van der Waals surface area (Å²) in [5.74, 6) is -2.28. The van der Waals surface area contributed by atoms with Crippen LogP contribution in [-0.4, -0.2) is 30.2 Å². The van der Waals surface area contributed by atoms with Gasteiger partial charge in [-0.15, -0.1) is 0 Å². The Hall–Kier alpha value is -3.55. The molecule has 0 saturated heterocycles. The second kappa shape index (κ2) is 10.1. The first-order valence-electron chi connectivity index (χ1n) is 8.87. The second-order valence-electron chi connectivity index (χ2n) is 6.30. The number of carbonyl (C=O) groups excluding carboxylic acids is 4. The highest BCUT2D eigenvalue weighted by Gasteiger charge is 2.16. The predicted molar refractivity (Wildman–Crippen MR) is 105 cm³/mol. The fourth-order valence-corrected chi connectivity index (χ4v) is 2.60. The number of halogens is 1. The van der Waals surface area contributed by atoms with Crippen LogP contribution in [0.25, 0.3) is 0 Å². The van der Waals surface area contributed by atoms with Gasteiger partial charge in [0, 0.05) is 31.5 Å². The van der Waals surface area contributed by atoms with E-state index in [1.807, 2.05) is 0 Å². The van der Waals surface area contributed by atoms with Crippen LogP contribution < -0.4 is 10.6 Å². The van der Waals surface area contributed by atoms with Gasteiger partial charge in [-0.2, -0.15) is 0 Å². The summed E-state index contributed by atoms with van der Waals surface area (Å²) < 4.78 is 18.6. The lowest BCUT2D eigenvalue weighted by atomic mass is 10.1. The molecule has 2 aromatic carbocycles. The zero-order chi connectivity index (χ0) is 21.4. The molecule has 0 aliphatic carbocycles. The van der Waals surface area contributed by atoms with Gasteiger partial charge in [0.25, 0.3) is 0 Å². The first-order chi connectivity index (χ1) is 13.8. The molecule has 2 amide bonds. The van der Waals surface area contributed by atoms with E-state index in [1.54, 1.807) is 18.2 Å². The number of anilines is 2. The molecule has 29 heavy (non-hydrogen) atoms. The third kappa shape index (κ3) is 6.84. The average Bonchev–Trinajstić information content (AvgIpc) is 2.64. The van der Waals surface area contributed by atoms with Gasteiger partial charge in [0.1, 0.15) is 5.82 Å². The van der Waals surface area contributed by atoms with Crippen LogP contribution in [0.15, 0.2) is 42.5 Å². The molecule has 0 spiro atoms. The molecule has 0 fully saturated rings. The summed E-state index contributed by atoms with van der Waals surface area (Å²) in [5.41, 5.74) is 1.12. The summed E-state index contributed by atoms with van der Waals surface area (Å²) in [6.07, 6.45) is 0.0798. The molecule has 0 aliphatic rings. The molecule has 152 valence electrons. The zero-order valence-corrected chi connectivity index (χ0v) is 16.1. The minimum atomic E-state index is -0.641. The van der Waals surface area contributed by atoms with Gasteiger partial charge in [0.2, 0.25) is 17.6 Å². The van der Waals surface area contributed by atoms with Gasteiger partial charge in [0.05, 0.1) is 5.69 Å². The molecule has 0 heterocycles. The summed E-state index contributed by atoms with van der Waals surface area (Å²) >= 11 is 0. The molecule has 8 heteroatoms. The van der Waals surface area contributed by atoms with Crippen LogP contribution >= 0.6 is 0 Å². The molecular formula is C21H21FN2O5. The molecule has 0 unspecified atom stereocenters. The summed E-state index contributed by atoms with van der Waals surface area (Å²) in [6.45, 7) is 2.09. The number of benzene rings is 2. The van der Waals surface area contributed by atoms with Gasteiger partial charge in [-0.1, -0.05) is 18.2 Å². The standard InChI is InChI=1S/C21H21FN2O5/c1-13(25)23-16-8-9-17(19(11-16)24-14(2)26)20(27)12-29-21(28)10-7-15-5-3-4-6-18(15)22/h3-6,8-9,11H,7,10,12H2,1-2H3,(H,23,25)(H,24,26). The van der Waals surface area contributed by atoms with E-state index in [4.69, 9.17) is 4.74 Å². The molecule has 0 radical (unpaired) electrons. The molecule has 0 bridgehead atoms. The minimum Gasteiger partial charge on any atom is -0.457 e. The Bertz CT molecular complexity index is 942. The smallest absolute Gasteiger partial charge is 0.306 e. The van der Waals surface area contributed by atoms with Crippen molar-refractivity contribution in [3.05, 3.63) is 59.4 Å². The molecule has 0 saturated carbocycles. The lowest BCUT2D eigenvalue weighted by molar-refractivity contribution is -0.142. The maximum Gasteiger partial charge on any atom is 0.306 e. The van der Waals surface area contributed by atoms with E-state index in [-0.39, 0.29) is 30.0 Å². The summed E-state index contributed by atoms with van der Waals surface area (Å²) in [6, 6.07) is 10.5. The van der Waals surface area contributed by atoms with E-state index < -0.39 is 30.1 Å². The SMILES string of the molecule is CC(=O)Nc1ccc(C(=O)COC(=O)CCc2ccccc2F)c(NC(C)=O)c1. The fourth-order valence-electron chi connectivity index (χ4n) is 2.60. The van der Waals surface area contributed by atoms with Gasteiger partial charge in [0.15, 0.2) is 6.61 Å². The van der Waals surface area contributed by atoms with Crippen LogP contribution in [0.2, 0.25) is 0 Å². The van der Waals surface area contributed by atoms with Crippen LogP contribution in [-0.2, 0) is 25.5 Å². The van der Waals surface area contributed by atoms with Crippen molar-refractivity contribution in [2.24, 2.45) is 0 Å². The summed E-state index contributed by atoms with van der Waals surface area (Å²) in [7, 11) is 0. The van der Waals surface area contributed by atoms with Gasteiger partial charge in [-0.3, -0.25) is 19.2 Å². The highest BCUT2D eigenvalue weighted by Crippen LogP contribution is 2.22. The van der Waals surface area contributed by atoms with Crippen molar-refractivity contribution in [1.29, 1.82) is 0 Å². The quantitative estimate of drug-likeness (QED) is 0.524. The number of nitrogens with one attached hydrogen (secondary N) is 2. The van der Waals surface area contributed by atoms with Crippen molar-refractivity contribution in [2.45, 2.75) is 26.7 Å². The molecule has 0 aromatic heterocycles. The third-order valence-corrected chi connectivity index (χ3v) is 3.87. The highest BCUT2D eigenvalue weighted by molar-refractivity contribution is 6.06. The summed E-state index contributed by atoms with van der Waals surface area (Å²) in [4.78, 5) is 46.9. The molecule has 0 aliphatic heterocycles. The van der Waals surface area contributed by atoms with E-state index in [9.17, 15) is 23.6 Å². The van der Waals surface area contributed by atoms with Crippen molar-refractivity contribution >= 4 is 34.9 Å². The molecule has 0 atom stereocenters. The summed E-state index contributed by atoms with van der Waals surface area (Å²) in [5, 5.41) is 5.07. The first-order valence-corrected chi connectivity index (χ1v) is 8.87. The van der Waals surface area contributed by atoms with Crippen LogP contribution in [0.4, 0.5) is 15.8 Å². The van der Waals surface area contributed by atoms with E-state index in [0.717, 1.165) is 0 Å². The van der Waals surface area contributed by atoms with Crippen LogP contribution in [0.1, 0.15) is 36.2 Å². The van der Waals surface area contributed by atoms with Crippen molar-refractivity contribution in [3.63, 3.8) is 0 Å². The van der Waals surface area contributed by atoms with Crippen LogP contribution in [0, 0.1) is 5.82 Å². The number of hydrogen-bond acceptors (Lipinski definition) is 5. The topological polar surface area (TPSA) is 102 Å². The largest absolute Gasteiger partial charge is 0.457 e. The lowest BCUT2D eigenvalue weighted by Gasteiger charge is -2.12.